The molecule has 112 valence electrons. The standard InChI is InChI=1S/C15H17BrN2O2S/c1-3-11-4-7-13(8-5-11)18(2)21(19,20)15-9-6-12(17)10-14(15)16/h4-10H,3,17H2,1-2H3. The number of halogens is 1. The average molecular weight is 369 g/mol. The molecule has 6 heteroatoms. The number of nitrogens with zero attached hydrogens (tertiary/aromatic N) is 1. The highest BCUT2D eigenvalue weighted by atomic mass is 79.9. The average Bonchev–Trinajstić information content (AvgIpc) is 2.46. The molecule has 0 aromatic heterocycles. The van der Waals surface area contributed by atoms with Gasteiger partial charge in [0.05, 0.1) is 5.69 Å². The largest absolute Gasteiger partial charge is 0.399 e. The summed E-state index contributed by atoms with van der Waals surface area (Å²) < 4.78 is 27.1. The van der Waals surface area contributed by atoms with Gasteiger partial charge in [-0.2, -0.15) is 0 Å². The van der Waals surface area contributed by atoms with Gasteiger partial charge < -0.3 is 5.73 Å². The zero-order valence-corrected chi connectivity index (χ0v) is 14.3. The highest BCUT2D eigenvalue weighted by Crippen LogP contribution is 2.29. The van der Waals surface area contributed by atoms with Crippen LogP contribution < -0.4 is 10.0 Å². The van der Waals surface area contributed by atoms with Crippen molar-refractivity contribution >= 4 is 37.3 Å². The molecule has 4 nitrogen and oxygen atoms in total. The molecule has 0 aliphatic heterocycles. The van der Waals surface area contributed by atoms with Gasteiger partial charge in [0.1, 0.15) is 4.90 Å². The minimum atomic E-state index is -3.63. The minimum Gasteiger partial charge on any atom is -0.399 e. The van der Waals surface area contributed by atoms with E-state index in [1.807, 2.05) is 24.3 Å². The molecule has 0 bridgehead atoms. The summed E-state index contributed by atoms with van der Waals surface area (Å²) in [6.45, 7) is 2.06. The van der Waals surface area contributed by atoms with Crippen LogP contribution >= 0.6 is 15.9 Å². The highest BCUT2D eigenvalue weighted by molar-refractivity contribution is 9.10. The second-order valence-corrected chi connectivity index (χ2v) is 7.47. The molecule has 2 aromatic rings. The van der Waals surface area contributed by atoms with E-state index in [1.165, 1.54) is 15.9 Å². The molecule has 2 aromatic carbocycles. The zero-order chi connectivity index (χ0) is 15.6. The quantitative estimate of drug-likeness (QED) is 0.840. The minimum absolute atomic E-state index is 0.193. The number of nitrogen functional groups attached to an aromatic ring is 1. The Morgan fingerprint density at radius 3 is 2.29 bits per heavy atom. The molecule has 2 rings (SSSR count). The van der Waals surface area contributed by atoms with E-state index in [4.69, 9.17) is 5.73 Å². The van der Waals surface area contributed by atoms with Crippen molar-refractivity contribution in [2.24, 2.45) is 0 Å². The number of rotatable bonds is 4. The Bertz CT molecular complexity index is 743. The Morgan fingerprint density at radius 1 is 1.14 bits per heavy atom. The third kappa shape index (κ3) is 3.22. The van der Waals surface area contributed by atoms with E-state index in [-0.39, 0.29) is 4.90 Å². The van der Waals surface area contributed by atoms with Crippen molar-refractivity contribution in [1.82, 2.24) is 0 Å². The molecule has 0 aliphatic carbocycles. The maximum Gasteiger partial charge on any atom is 0.265 e. The molecule has 0 amide bonds. The van der Waals surface area contributed by atoms with E-state index < -0.39 is 10.0 Å². The van der Waals surface area contributed by atoms with Crippen LogP contribution in [-0.4, -0.2) is 15.5 Å². The fraction of sp³-hybridized carbons (Fsp3) is 0.200. The van der Waals surface area contributed by atoms with Gasteiger partial charge >= 0.3 is 0 Å². The van der Waals surface area contributed by atoms with Crippen LogP contribution in [0, 0.1) is 0 Å². The van der Waals surface area contributed by atoms with Gasteiger partial charge in [0, 0.05) is 17.2 Å². The third-order valence-electron chi connectivity index (χ3n) is 3.30. The second-order valence-electron chi connectivity index (χ2n) is 4.68. The number of benzene rings is 2. The van der Waals surface area contributed by atoms with Crippen LogP contribution in [0.4, 0.5) is 11.4 Å². The molecular formula is C15H17BrN2O2S. The topological polar surface area (TPSA) is 63.4 Å². The first kappa shape index (κ1) is 15.9. The molecule has 0 saturated carbocycles. The highest BCUT2D eigenvalue weighted by Gasteiger charge is 2.23. The van der Waals surface area contributed by atoms with E-state index in [9.17, 15) is 8.42 Å². The fourth-order valence-corrected chi connectivity index (χ4v) is 4.20. The predicted octanol–water partition coefficient (Wildman–Crippen LogP) is 3.42. The molecule has 0 fully saturated rings. The Kier molecular flexibility index (Phi) is 4.58. The van der Waals surface area contributed by atoms with Gasteiger partial charge in [-0.05, 0) is 58.2 Å². The first-order chi connectivity index (χ1) is 9.86. The summed E-state index contributed by atoms with van der Waals surface area (Å²) in [7, 11) is -2.09. The van der Waals surface area contributed by atoms with Crippen LogP contribution in [0.2, 0.25) is 0 Å². The van der Waals surface area contributed by atoms with Crippen molar-refractivity contribution in [2.45, 2.75) is 18.2 Å². The van der Waals surface area contributed by atoms with Crippen LogP contribution in [0.15, 0.2) is 51.8 Å². The van der Waals surface area contributed by atoms with Crippen molar-refractivity contribution < 1.29 is 8.42 Å². The summed E-state index contributed by atoms with van der Waals surface area (Å²) in [5, 5.41) is 0. The van der Waals surface area contributed by atoms with E-state index in [0.717, 1.165) is 6.42 Å². The lowest BCUT2D eigenvalue weighted by Gasteiger charge is -2.20. The van der Waals surface area contributed by atoms with Gasteiger partial charge in [-0.15, -0.1) is 0 Å². The molecule has 0 aliphatic rings. The Labute approximate surface area is 133 Å². The molecule has 2 N–H and O–H groups in total. The normalized spacial score (nSPS) is 11.4. The van der Waals surface area contributed by atoms with Crippen LogP contribution in [0.25, 0.3) is 0 Å². The first-order valence-corrected chi connectivity index (χ1v) is 8.72. The zero-order valence-electron chi connectivity index (χ0n) is 11.9. The van der Waals surface area contributed by atoms with Gasteiger partial charge in [-0.25, -0.2) is 8.42 Å². The van der Waals surface area contributed by atoms with Gasteiger partial charge in [0.2, 0.25) is 0 Å². The van der Waals surface area contributed by atoms with E-state index >= 15 is 0 Å². The number of nitrogens with two attached hydrogens (primary N) is 1. The Balaban J connectivity index is 2.42. The number of hydrogen-bond acceptors (Lipinski definition) is 3. The molecular weight excluding hydrogens is 352 g/mol. The molecule has 0 heterocycles. The lowest BCUT2D eigenvalue weighted by atomic mass is 10.1. The molecule has 0 spiro atoms. The summed E-state index contributed by atoms with van der Waals surface area (Å²) in [5.74, 6) is 0. The number of anilines is 2. The summed E-state index contributed by atoms with van der Waals surface area (Å²) in [5.41, 5.74) is 7.95. The molecule has 0 unspecified atom stereocenters. The SMILES string of the molecule is CCc1ccc(N(C)S(=O)(=O)c2ccc(N)cc2Br)cc1. The van der Waals surface area contributed by atoms with Crippen molar-refractivity contribution in [3.63, 3.8) is 0 Å². The maximum atomic E-state index is 12.7. The summed E-state index contributed by atoms with van der Waals surface area (Å²) in [6.07, 6.45) is 0.917. The van der Waals surface area contributed by atoms with Gasteiger partial charge in [0.25, 0.3) is 10.0 Å². The van der Waals surface area contributed by atoms with E-state index in [0.29, 0.717) is 15.8 Å². The van der Waals surface area contributed by atoms with Gasteiger partial charge in [0.15, 0.2) is 0 Å². The molecule has 21 heavy (non-hydrogen) atoms. The number of aryl methyl sites for hydroxylation is 1. The predicted molar refractivity (Wildman–Crippen MR) is 90.0 cm³/mol. The van der Waals surface area contributed by atoms with Crippen molar-refractivity contribution in [3.8, 4) is 0 Å². The number of sulfonamides is 1. The smallest absolute Gasteiger partial charge is 0.265 e. The first-order valence-electron chi connectivity index (χ1n) is 6.49. The Hall–Kier alpha value is -1.53. The van der Waals surface area contributed by atoms with E-state index in [2.05, 4.69) is 22.9 Å². The monoisotopic (exact) mass is 368 g/mol. The van der Waals surface area contributed by atoms with Gasteiger partial charge in [-0.3, -0.25) is 4.31 Å². The Morgan fingerprint density at radius 2 is 1.76 bits per heavy atom. The summed E-state index contributed by atoms with van der Waals surface area (Å²) >= 11 is 3.26. The maximum absolute atomic E-state index is 12.7. The van der Waals surface area contributed by atoms with Crippen LogP contribution in [0.3, 0.4) is 0 Å². The van der Waals surface area contributed by atoms with Crippen LogP contribution in [0.5, 0.6) is 0 Å². The third-order valence-corrected chi connectivity index (χ3v) is 6.06. The summed E-state index contributed by atoms with van der Waals surface area (Å²) in [6, 6.07) is 12.1. The fourth-order valence-electron chi connectivity index (χ4n) is 1.95. The lowest BCUT2D eigenvalue weighted by Crippen LogP contribution is -2.26. The van der Waals surface area contributed by atoms with Crippen molar-refractivity contribution in [2.75, 3.05) is 17.1 Å². The van der Waals surface area contributed by atoms with Gasteiger partial charge in [-0.1, -0.05) is 19.1 Å². The van der Waals surface area contributed by atoms with Crippen molar-refractivity contribution in [1.29, 1.82) is 0 Å². The van der Waals surface area contributed by atoms with Crippen LogP contribution in [0.1, 0.15) is 12.5 Å². The van der Waals surface area contributed by atoms with Crippen LogP contribution in [-0.2, 0) is 16.4 Å². The lowest BCUT2D eigenvalue weighted by molar-refractivity contribution is 0.594. The summed E-state index contributed by atoms with van der Waals surface area (Å²) in [4.78, 5) is 0.193. The molecule has 0 saturated heterocycles. The molecule has 0 radical (unpaired) electrons. The number of hydrogen-bond donors (Lipinski definition) is 1. The second kappa shape index (κ2) is 6.07. The van der Waals surface area contributed by atoms with E-state index in [1.54, 1.807) is 19.2 Å². The van der Waals surface area contributed by atoms with Crippen molar-refractivity contribution in [3.05, 3.63) is 52.5 Å². The molecule has 0 atom stereocenters.